The van der Waals surface area contributed by atoms with Crippen molar-refractivity contribution in [3.63, 3.8) is 0 Å². The molecule has 2 rings (SSSR count). The number of nitrogens with zero attached hydrogens (tertiary/aromatic N) is 4. The first-order chi connectivity index (χ1) is 9.25. The Kier molecular flexibility index (Phi) is 3.86. The molecule has 0 radical (unpaired) electrons. The summed E-state index contributed by atoms with van der Waals surface area (Å²) < 4.78 is 1.92. The summed E-state index contributed by atoms with van der Waals surface area (Å²) >= 11 is 0. The monoisotopic (exact) mass is 279 g/mol. The Morgan fingerprint density at radius 2 is 2.15 bits per heavy atom. The summed E-state index contributed by atoms with van der Waals surface area (Å²) in [5, 5.41) is 4.31. The molecule has 0 spiro atoms. The van der Waals surface area contributed by atoms with E-state index in [2.05, 4.69) is 35.8 Å². The zero-order valence-electron chi connectivity index (χ0n) is 12.9. The molecule has 1 aromatic rings. The van der Waals surface area contributed by atoms with Crippen LogP contribution in [-0.4, -0.2) is 37.7 Å². The zero-order chi connectivity index (χ0) is 15.0. The molecule has 2 heterocycles. The van der Waals surface area contributed by atoms with Crippen LogP contribution in [0.3, 0.4) is 0 Å². The summed E-state index contributed by atoms with van der Waals surface area (Å²) in [5.74, 6) is 0.630. The average Bonchev–Trinajstić information content (AvgIpc) is 2.80. The van der Waals surface area contributed by atoms with E-state index in [1.807, 2.05) is 11.6 Å². The van der Waals surface area contributed by atoms with E-state index in [0.717, 1.165) is 31.6 Å². The maximum absolute atomic E-state index is 11.8. The molecular formula is C14H25N5O. The molecule has 1 atom stereocenters. The van der Waals surface area contributed by atoms with E-state index in [0.29, 0.717) is 6.54 Å². The zero-order valence-corrected chi connectivity index (χ0v) is 12.9. The summed E-state index contributed by atoms with van der Waals surface area (Å²) in [6, 6.07) is 0. The van der Waals surface area contributed by atoms with Crippen LogP contribution in [0.15, 0.2) is 6.33 Å². The summed E-state index contributed by atoms with van der Waals surface area (Å²) in [4.78, 5) is 18.3. The Morgan fingerprint density at radius 3 is 2.75 bits per heavy atom. The predicted octanol–water partition coefficient (Wildman–Crippen LogP) is 1.26. The van der Waals surface area contributed by atoms with Crippen molar-refractivity contribution in [3.8, 4) is 0 Å². The Hall–Kier alpha value is -1.43. The molecule has 112 valence electrons. The smallest absolute Gasteiger partial charge is 0.237 e. The lowest BCUT2D eigenvalue weighted by molar-refractivity contribution is -0.132. The molecule has 0 unspecified atom stereocenters. The third-order valence-corrected chi connectivity index (χ3v) is 4.16. The first-order valence-electron chi connectivity index (χ1n) is 7.19. The number of carbonyl (C=O) groups is 1. The number of primary amides is 1. The second kappa shape index (κ2) is 5.16. The lowest BCUT2D eigenvalue weighted by atomic mass is 9.87. The van der Waals surface area contributed by atoms with Gasteiger partial charge in [-0.1, -0.05) is 0 Å². The van der Waals surface area contributed by atoms with Crippen LogP contribution in [0.2, 0.25) is 0 Å². The molecule has 1 fully saturated rings. The summed E-state index contributed by atoms with van der Waals surface area (Å²) in [7, 11) is 0. The second-order valence-electron chi connectivity index (χ2n) is 6.78. The van der Waals surface area contributed by atoms with Crippen LogP contribution in [-0.2, 0) is 16.9 Å². The molecule has 1 amide bonds. The highest BCUT2D eigenvalue weighted by molar-refractivity contribution is 5.84. The highest BCUT2D eigenvalue weighted by Crippen LogP contribution is 2.29. The number of aromatic nitrogens is 3. The standard InChI is InChI=1S/C14H25N5O/c1-13(2,3)19-11(16-10-17-19)9-18-8-6-5-7-14(18,4)12(15)20/h10H,5-9H2,1-4H3,(H2,15,20)/t14-/m0/s1. The lowest BCUT2D eigenvalue weighted by Crippen LogP contribution is -2.57. The number of rotatable bonds is 3. The molecule has 6 heteroatoms. The molecule has 0 aliphatic carbocycles. The van der Waals surface area contributed by atoms with Crippen molar-refractivity contribution < 1.29 is 4.79 Å². The minimum Gasteiger partial charge on any atom is -0.368 e. The van der Waals surface area contributed by atoms with Crippen LogP contribution in [0, 0.1) is 0 Å². The van der Waals surface area contributed by atoms with Crippen molar-refractivity contribution in [3.05, 3.63) is 12.2 Å². The number of hydrogen-bond donors (Lipinski definition) is 1. The van der Waals surface area contributed by atoms with Crippen molar-refractivity contribution in [2.75, 3.05) is 6.54 Å². The van der Waals surface area contributed by atoms with Crippen molar-refractivity contribution >= 4 is 5.91 Å². The van der Waals surface area contributed by atoms with Crippen molar-refractivity contribution in [2.45, 2.75) is 64.6 Å². The topological polar surface area (TPSA) is 77.0 Å². The number of hydrogen-bond acceptors (Lipinski definition) is 4. The number of amides is 1. The van der Waals surface area contributed by atoms with Gasteiger partial charge in [-0.15, -0.1) is 0 Å². The SMILES string of the molecule is CC(C)(C)n1ncnc1CN1CCCC[C@@]1(C)C(N)=O. The van der Waals surface area contributed by atoms with Gasteiger partial charge in [-0.05, 0) is 53.5 Å². The molecular weight excluding hydrogens is 254 g/mol. The fourth-order valence-corrected chi connectivity index (χ4v) is 2.81. The largest absolute Gasteiger partial charge is 0.368 e. The van der Waals surface area contributed by atoms with E-state index in [4.69, 9.17) is 5.73 Å². The van der Waals surface area contributed by atoms with E-state index < -0.39 is 5.54 Å². The Bertz CT molecular complexity index is 490. The lowest BCUT2D eigenvalue weighted by Gasteiger charge is -2.42. The number of piperidine rings is 1. The van der Waals surface area contributed by atoms with Gasteiger partial charge >= 0.3 is 0 Å². The fraction of sp³-hybridized carbons (Fsp3) is 0.786. The molecule has 20 heavy (non-hydrogen) atoms. The van der Waals surface area contributed by atoms with E-state index in [9.17, 15) is 4.79 Å². The van der Waals surface area contributed by atoms with Gasteiger partial charge in [0.05, 0.1) is 17.6 Å². The van der Waals surface area contributed by atoms with Crippen molar-refractivity contribution in [1.29, 1.82) is 0 Å². The second-order valence-corrected chi connectivity index (χ2v) is 6.78. The van der Waals surface area contributed by atoms with E-state index in [-0.39, 0.29) is 11.4 Å². The third kappa shape index (κ3) is 2.70. The summed E-state index contributed by atoms with van der Waals surface area (Å²) in [5.41, 5.74) is 4.92. The predicted molar refractivity (Wildman–Crippen MR) is 76.9 cm³/mol. The molecule has 0 bridgehead atoms. The molecule has 1 aromatic heterocycles. The van der Waals surface area contributed by atoms with Crippen molar-refractivity contribution in [1.82, 2.24) is 19.7 Å². The highest BCUT2D eigenvalue weighted by Gasteiger charge is 2.40. The number of nitrogens with two attached hydrogens (primary N) is 1. The normalized spacial score (nSPS) is 24.8. The van der Waals surface area contributed by atoms with Gasteiger partial charge in [-0.25, -0.2) is 9.67 Å². The Morgan fingerprint density at radius 1 is 1.45 bits per heavy atom. The fourth-order valence-electron chi connectivity index (χ4n) is 2.81. The van der Waals surface area contributed by atoms with Gasteiger partial charge in [0.25, 0.3) is 0 Å². The van der Waals surface area contributed by atoms with Gasteiger partial charge < -0.3 is 5.73 Å². The average molecular weight is 279 g/mol. The highest BCUT2D eigenvalue weighted by atomic mass is 16.1. The summed E-state index contributed by atoms with van der Waals surface area (Å²) in [6.07, 6.45) is 4.52. The van der Waals surface area contributed by atoms with Gasteiger partial charge in [-0.2, -0.15) is 5.10 Å². The van der Waals surface area contributed by atoms with Crippen LogP contribution < -0.4 is 5.73 Å². The molecule has 6 nitrogen and oxygen atoms in total. The maximum atomic E-state index is 11.8. The third-order valence-electron chi connectivity index (χ3n) is 4.16. The first-order valence-corrected chi connectivity index (χ1v) is 7.19. The Balaban J connectivity index is 2.24. The molecule has 1 aliphatic heterocycles. The summed E-state index contributed by atoms with van der Waals surface area (Å²) in [6.45, 7) is 9.69. The van der Waals surface area contributed by atoms with Gasteiger partial charge in [0.2, 0.25) is 5.91 Å². The van der Waals surface area contributed by atoms with Crippen molar-refractivity contribution in [2.24, 2.45) is 5.73 Å². The van der Waals surface area contributed by atoms with E-state index >= 15 is 0 Å². The van der Waals surface area contributed by atoms with E-state index in [1.54, 1.807) is 6.33 Å². The van der Waals surface area contributed by atoms with E-state index in [1.165, 1.54) is 0 Å². The van der Waals surface area contributed by atoms with Gasteiger partial charge in [0, 0.05) is 0 Å². The van der Waals surface area contributed by atoms with Crippen LogP contribution in [0.4, 0.5) is 0 Å². The van der Waals surface area contributed by atoms with Gasteiger partial charge in [-0.3, -0.25) is 9.69 Å². The minimum absolute atomic E-state index is 0.120. The molecule has 1 saturated heterocycles. The van der Waals surface area contributed by atoms with Crippen LogP contribution in [0.25, 0.3) is 0 Å². The Labute approximate surface area is 120 Å². The van der Waals surface area contributed by atoms with Crippen LogP contribution in [0.1, 0.15) is 52.8 Å². The molecule has 0 saturated carbocycles. The first kappa shape index (κ1) is 15.0. The number of carbonyl (C=O) groups excluding carboxylic acids is 1. The minimum atomic E-state index is -0.576. The quantitative estimate of drug-likeness (QED) is 0.903. The van der Waals surface area contributed by atoms with Gasteiger partial charge in [0.15, 0.2) is 0 Å². The maximum Gasteiger partial charge on any atom is 0.237 e. The number of likely N-dealkylation sites (tertiary alicyclic amines) is 1. The van der Waals surface area contributed by atoms with Gasteiger partial charge in [0.1, 0.15) is 12.2 Å². The van der Waals surface area contributed by atoms with Crippen LogP contribution in [0.5, 0.6) is 0 Å². The van der Waals surface area contributed by atoms with Crippen LogP contribution >= 0.6 is 0 Å². The molecule has 0 aromatic carbocycles. The molecule has 1 aliphatic rings. The molecule has 2 N–H and O–H groups in total.